The van der Waals surface area contributed by atoms with Crippen molar-refractivity contribution < 1.29 is 9.90 Å². The second-order valence-electron chi connectivity index (χ2n) is 3.33. The van der Waals surface area contributed by atoms with E-state index in [-0.39, 0.29) is 11.7 Å². The van der Waals surface area contributed by atoms with Gasteiger partial charge >= 0.3 is 0 Å². The van der Waals surface area contributed by atoms with Crippen molar-refractivity contribution >= 4 is 11.6 Å². The average Bonchev–Trinajstić information content (AvgIpc) is 2.19. The number of nitrogens with one attached hydrogen (secondary N) is 2. The van der Waals surface area contributed by atoms with Crippen molar-refractivity contribution in [1.29, 1.82) is 0 Å². The van der Waals surface area contributed by atoms with Gasteiger partial charge in [0.15, 0.2) is 0 Å². The maximum Gasteiger partial charge on any atom is 0.238 e. The lowest BCUT2D eigenvalue weighted by atomic mass is 10.2. The average molecular weight is 208 g/mol. The second kappa shape index (κ2) is 5.36. The molecule has 0 atom stereocenters. The predicted molar refractivity (Wildman–Crippen MR) is 60.0 cm³/mol. The first-order valence-electron chi connectivity index (χ1n) is 4.93. The molecule has 0 saturated carbocycles. The Balaban J connectivity index is 2.60. The molecule has 1 aromatic carbocycles. The highest BCUT2D eigenvalue weighted by Crippen LogP contribution is 2.19. The van der Waals surface area contributed by atoms with Crippen LogP contribution in [0.5, 0.6) is 5.75 Å². The number of anilines is 1. The molecule has 0 radical (unpaired) electrons. The summed E-state index contributed by atoms with van der Waals surface area (Å²) in [6, 6.07) is 4.85. The standard InChI is InChI=1S/C11H16N2O2/c1-3-12-7-11(15)13-10-5-4-9(14)6-8(10)2/h4-6,12,14H,3,7H2,1-2H3,(H,13,15). The van der Waals surface area contributed by atoms with Gasteiger partial charge in [-0.3, -0.25) is 4.79 Å². The third-order valence-electron chi connectivity index (χ3n) is 2.02. The van der Waals surface area contributed by atoms with Crippen LogP contribution >= 0.6 is 0 Å². The van der Waals surface area contributed by atoms with Gasteiger partial charge in [0.05, 0.1) is 6.54 Å². The van der Waals surface area contributed by atoms with Gasteiger partial charge in [-0.2, -0.15) is 0 Å². The lowest BCUT2D eigenvalue weighted by molar-refractivity contribution is -0.115. The van der Waals surface area contributed by atoms with Gasteiger partial charge in [-0.15, -0.1) is 0 Å². The molecule has 4 nitrogen and oxygen atoms in total. The molecule has 3 N–H and O–H groups in total. The first-order chi connectivity index (χ1) is 7.13. The van der Waals surface area contributed by atoms with Crippen LogP contribution in [0.1, 0.15) is 12.5 Å². The number of phenols is 1. The topological polar surface area (TPSA) is 61.4 Å². The van der Waals surface area contributed by atoms with Crippen LogP contribution in [0.4, 0.5) is 5.69 Å². The molecular formula is C11H16N2O2. The molecule has 82 valence electrons. The highest BCUT2D eigenvalue weighted by molar-refractivity contribution is 5.93. The van der Waals surface area contributed by atoms with Gasteiger partial charge in [0, 0.05) is 5.69 Å². The Kier molecular flexibility index (Phi) is 4.12. The fourth-order valence-electron chi connectivity index (χ4n) is 1.22. The zero-order chi connectivity index (χ0) is 11.3. The maximum absolute atomic E-state index is 11.4. The first-order valence-corrected chi connectivity index (χ1v) is 4.93. The van der Waals surface area contributed by atoms with Gasteiger partial charge in [-0.1, -0.05) is 6.92 Å². The summed E-state index contributed by atoms with van der Waals surface area (Å²) in [5.41, 5.74) is 1.58. The molecule has 0 spiro atoms. The fraction of sp³-hybridized carbons (Fsp3) is 0.364. The molecule has 0 aromatic heterocycles. The lowest BCUT2D eigenvalue weighted by Crippen LogP contribution is -2.27. The molecule has 0 aliphatic heterocycles. The molecule has 0 aliphatic rings. The Morgan fingerprint density at radius 3 is 2.80 bits per heavy atom. The van der Waals surface area contributed by atoms with Crippen molar-refractivity contribution in [1.82, 2.24) is 5.32 Å². The Morgan fingerprint density at radius 2 is 2.20 bits per heavy atom. The molecular weight excluding hydrogens is 192 g/mol. The lowest BCUT2D eigenvalue weighted by Gasteiger charge is -2.08. The minimum Gasteiger partial charge on any atom is -0.508 e. The summed E-state index contributed by atoms with van der Waals surface area (Å²) in [6.07, 6.45) is 0. The van der Waals surface area contributed by atoms with E-state index < -0.39 is 0 Å². The monoisotopic (exact) mass is 208 g/mol. The Hall–Kier alpha value is -1.55. The number of carbonyl (C=O) groups is 1. The zero-order valence-electron chi connectivity index (χ0n) is 9.00. The van der Waals surface area contributed by atoms with E-state index in [1.807, 2.05) is 13.8 Å². The van der Waals surface area contributed by atoms with Crippen LogP contribution in [0.25, 0.3) is 0 Å². The smallest absolute Gasteiger partial charge is 0.238 e. The molecule has 15 heavy (non-hydrogen) atoms. The molecule has 0 bridgehead atoms. The number of phenolic OH excluding ortho intramolecular Hbond substituents is 1. The predicted octanol–water partition coefficient (Wildman–Crippen LogP) is 1.25. The summed E-state index contributed by atoms with van der Waals surface area (Å²) in [7, 11) is 0. The summed E-state index contributed by atoms with van der Waals surface area (Å²) in [5, 5.41) is 14.9. The van der Waals surface area contributed by atoms with Crippen molar-refractivity contribution in [3.63, 3.8) is 0 Å². The van der Waals surface area contributed by atoms with Crippen molar-refractivity contribution in [2.75, 3.05) is 18.4 Å². The summed E-state index contributed by atoms with van der Waals surface area (Å²) >= 11 is 0. The quantitative estimate of drug-likeness (QED) is 0.652. The van der Waals surface area contributed by atoms with E-state index in [4.69, 9.17) is 0 Å². The van der Waals surface area contributed by atoms with Crippen LogP contribution < -0.4 is 10.6 Å². The van der Waals surface area contributed by atoms with E-state index in [0.29, 0.717) is 6.54 Å². The minimum atomic E-state index is -0.0781. The molecule has 0 heterocycles. The summed E-state index contributed by atoms with van der Waals surface area (Å²) < 4.78 is 0. The molecule has 0 saturated heterocycles. The SMILES string of the molecule is CCNCC(=O)Nc1ccc(O)cc1C. The van der Waals surface area contributed by atoms with Crippen molar-refractivity contribution in [3.05, 3.63) is 23.8 Å². The fourth-order valence-corrected chi connectivity index (χ4v) is 1.22. The van der Waals surface area contributed by atoms with Gasteiger partial charge in [0.1, 0.15) is 5.75 Å². The van der Waals surface area contributed by atoms with Gasteiger partial charge < -0.3 is 15.7 Å². The van der Waals surface area contributed by atoms with E-state index in [1.165, 1.54) is 0 Å². The van der Waals surface area contributed by atoms with E-state index in [9.17, 15) is 9.90 Å². The van der Waals surface area contributed by atoms with Crippen LogP contribution in [0.3, 0.4) is 0 Å². The van der Waals surface area contributed by atoms with Crippen LogP contribution in [0.2, 0.25) is 0 Å². The summed E-state index contributed by atoms with van der Waals surface area (Å²) in [5.74, 6) is 0.128. The number of likely N-dealkylation sites (N-methyl/N-ethyl adjacent to an activating group) is 1. The number of carbonyl (C=O) groups excluding carboxylic acids is 1. The zero-order valence-corrected chi connectivity index (χ0v) is 9.00. The van der Waals surface area contributed by atoms with Crippen LogP contribution in [-0.2, 0) is 4.79 Å². The molecule has 1 aromatic rings. The van der Waals surface area contributed by atoms with Gasteiger partial charge in [0.25, 0.3) is 0 Å². The third-order valence-corrected chi connectivity index (χ3v) is 2.02. The van der Waals surface area contributed by atoms with Gasteiger partial charge in [-0.05, 0) is 37.2 Å². The van der Waals surface area contributed by atoms with Crippen LogP contribution in [-0.4, -0.2) is 24.1 Å². The van der Waals surface area contributed by atoms with E-state index in [2.05, 4.69) is 10.6 Å². The van der Waals surface area contributed by atoms with E-state index >= 15 is 0 Å². The van der Waals surface area contributed by atoms with Crippen molar-refractivity contribution in [2.24, 2.45) is 0 Å². The van der Waals surface area contributed by atoms with Crippen LogP contribution in [0.15, 0.2) is 18.2 Å². The number of benzene rings is 1. The second-order valence-corrected chi connectivity index (χ2v) is 3.33. The van der Waals surface area contributed by atoms with Crippen molar-refractivity contribution in [3.8, 4) is 5.75 Å². The third kappa shape index (κ3) is 3.59. The van der Waals surface area contributed by atoms with Gasteiger partial charge in [-0.25, -0.2) is 0 Å². The molecule has 1 rings (SSSR count). The Labute approximate surface area is 89.3 Å². The molecule has 1 amide bonds. The Bertz CT molecular complexity index is 350. The molecule has 0 fully saturated rings. The maximum atomic E-state index is 11.4. The number of rotatable bonds is 4. The van der Waals surface area contributed by atoms with Crippen molar-refractivity contribution in [2.45, 2.75) is 13.8 Å². The minimum absolute atomic E-state index is 0.0781. The first kappa shape index (κ1) is 11.5. The van der Waals surface area contributed by atoms with E-state index in [0.717, 1.165) is 17.8 Å². The summed E-state index contributed by atoms with van der Waals surface area (Å²) in [4.78, 5) is 11.4. The Morgan fingerprint density at radius 1 is 1.47 bits per heavy atom. The normalized spacial score (nSPS) is 10.0. The molecule has 0 aliphatic carbocycles. The molecule has 4 heteroatoms. The van der Waals surface area contributed by atoms with Crippen LogP contribution in [0, 0.1) is 6.92 Å². The number of hydrogen-bond acceptors (Lipinski definition) is 3. The van der Waals surface area contributed by atoms with Gasteiger partial charge in [0.2, 0.25) is 5.91 Å². The van der Waals surface area contributed by atoms with E-state index in [1.54, 1.807) is 18.2 Å². The highest BCUT2D eigenvalue weighted by atomic mass is 16.3. The summed E-state index contributed by atoms with van der Waals surface area (Å²) in [6.45, 7) is 4.85. The number of aromatic hydroxyl groups is 1. The number of aryl methyl sites for hydroxylation is 1. The largest absolute Gasteiger partial charge is 0.508 e. The molecule has 0 unspecified atom stereocenters. The highest BCUT2D eigenvalue weighted by Gasteiger charge is 2.03. The number of hydrogen-bond donors (Lipinski definition) is 3. The number of amides is 1.